The summed E-state index contributed by atoms with van der Waals surface area (Å²) >= 11 is 2.13. The van der Waals surface area contributed by atoms with Crippen molar-refractivity contribution in [1.82, 2.24) is 4.90 Å². The molecular weight excluding hydrogens is 204 g/mol. The average molecular weight is 230 g/mol. The van der Waals surface area contributed by atoms with Gasteiger partial charge in [-0.3, -0.25) is 0 Å². The zero-order valence-corrected chi connectivity index (χ0v) is 11.2. The third-order valence-electron chi connectivity index (χ3n) is 2.97. The van der Waals surface area contributed by atoms with Crippen LogP contribution in [0.25, 0.3) is 0 Å². The molecule has 3 unspecified atom stereocenters. The molecule has 0 saturated carbocycles. The first-order valence-corrected chi connectivity index (χ1v) is 7.14. The van der Waals surface area contributed by atoms with Gasteiger partial charge < -0.3 is 10.6 Å². The minimum Gasteiger partial charge on any atom is -0.330 e. The fourth-order valence-corrected chi connectivity index (χ4v) is 3.82. The Balaban J connectivity index is 2.24. The lowest BCUT2D eigenvalue weighted by Crippen LogP contribution is -2.42. The maximum atomic E-state index is 5.54. The summed E-state index contributed by atoms with van der Waals surface area (Å²) in [6.07, 6.45) is 2.46. The Labute approximate surface area is 99.0 Å². The van der Waals surface area contributed by atoms with Gasteiger partial charge in [-0.05, 0) is 25.3 Å². The van der Waals surface area contributed by atoms with Crippen LogP contribution in [0.4, 0.5) is 0 Å². The molecule has 0 radical (unpaired) electrons. The highest BCUT2D eigenvalue weighted by Crippen LogP contribution is 2.25. The molecule has 1 rings (SSSR count). The van der Waals surface area contributed by atoms with Crippen LogP contribution in [0.3, 0.4) is 0 Å². The van der Waals surface area contributed by atoms with Gasteiger partial charge in [0.2, 0.25) is 0 Å². The molecular formula is C12H26N2S. The second-order valence-electron chi connectivity index (χ2n) is 5.01. The molecule has 15 heavy (non-hydrogen) atoms. The Morgan fingerprint density at radius 1 is 1.33 bits per heavy atom. The summed E-state index contributed by atoms with van der Waals surface area (Å²) in [5, 5.41) is 1.60. The fraction of sp³-hybridized carbons (Fsp3) is 1.00. The quantitative estimate of drug-likeness (QED) is 0.785. The van der Waals surface area contributed by atoms with E-state index in [1.165, 1.54) is 32.5 Å². The van der Waals surface area contributed by atoms with E-state index in [1.807, 2.05) is 0 Å². The maximum Gasteiger partial charge on any atom is 0.0149 e. The first-order chi connectivity index (χ1) is 7.11. The molecule has 1 aliphatic rings. The highest BCUT2D eigenvalue weighted by Gasteiger charge is 2.22. The largest absolute Gasteiger partial charge is 0.330 e. The van der Waals surface area contributed by atoms with E-state index in [0.29, 0.717) is 0 Å². The number of thioether (sulfide) groups is 1. The first-order valence-electron chi connectivity index (χ1n) is 6.19. The summed E-state index contributed by atoms with van der Waals surface area (Å²) in [5.41, 5.74) is 5.54. The predicted molar refractivity (Wildman–Crippen MR) is 70.4 cm³/mol. The normalized spacial score (nSPS) is 30.4. The van der Waals surface area contributed by atoms with Crippen LogP contribution in [0.15, 0.2) is 0 Å². The summed E-state index contributed by atoms with van der Waals surface area (Å²) in [6.45, 7) is 11.7. The molecule has 0 aromatic carbocycles. The fourth-order valence-electron chi connectivity index (χ4n) is 2.43. The molecule has 1 fully saturated rings. The molecule has 0 bridgehead atoms. The zero-order chi connectivity index (χ0) is 11.3. The molecule has 1 saturated heterocycles. The van der Waals surface area contributed by atoms with Gasteiger partial charge in [0.05, 0.1) is 0 Å². The summed E-state index contributed by atoms with van der Waals surface area (Å²) in [5.74, 6) is 0.802. The molecule has 1 aliphatic heterocycles. The van der Waals surface area contributed by atoms with E-state index in [2.05, 4.69) is 37.4 Å². The lowest BCUT2D eigenvalue weighted by atomic mass is 10.0. The van der Waals surface area contributed by atoms with E-state index < -0.39 is 0 Å². The molecule has 2 nitrogen and oxygen atoms in total. The van der Waals surface area contributed by atoms with E-state index in [9.17, 15) is 0 Å². The Kier molecular flexibility index (Phi) is 6.02. The lowest BCUT2D eigenvalue weighted by Gasteiger charge is -2.36. The van der Waals surface area contributed by atoms with E-state index in [4.69, 9.17) is 5.73 Å². The minimum absolute atomic E-state index is 0.801. The molecule has 0 aromatic rings. The Morgan fingerprint density at radius 2 is 1.93 bits per heavy atom. The van der Waals surface area contributed by atoms with E-state index in [1.54, 1.807) is 0 Å². The molecule has 3 atom stereocenters. The maximum absolute atomic E-state index is 5.54. The van der Waals surface area contributed by atoms with E-state index in [0.717, 1.165) is 23.0 Å². The van der Waals surface area contributed by atoms with Gasteiger partial charge in [0.25, 0.3) is 0 Å². The number of hydrogen-bond acceptors (Lipinski definition) is 3. The molecule has 0 spiro atoms. The van der Waals surface area contributed by atoms with Crippen molar-refractivity contribution in [1.29, 1.82) is 0 Å². The number of rotatable bonds is 5. The van der Waals surface area contributed by atoms with Crippen LogP contribution in [-0.2, 0) is 0 Å². The first kappa shape index (κ1) is 13.3. The lowest BCUT2D eigenvalue weighted by molar-refractivity contribution is 0.229. The van der Waals surface area contributed by atoms with Crippen molar-refractivity contribution in [2.24, 2.45) is 11.7 Å². The number of nitrogens with two attached hydrogens (primary N) is 1. The molecule has 3 heteroatoms. The van der Waals surface area contributed by atoms with Crippen LogP contribution in [0.2, 0.25) is 0 Å². The van der Waals surface area contributed by atoms with Gasteiger partial charge in [0, 0.05) is 30.1 Å². The molecule has 90 valence electrons. The minimum atomic E-state index is 0.801. The van der Waals surface area contributed by atoms with Gasteiger partial charge in [-0.25, -0.2) is 0 Å². The Hall–Kier alpha value is 0.270. The SMILES string of the molecule is CC(CCCN)CN1CC(C)SC(C)C1. The summed E-state index contributed by atoms with van der Waals surface area (Å²) in [6, 6.07) is 0. The van der Waals surface area contributed by atoms with E-state index >= 15 is 0 Å². The van der Waals surface area contributed by atoms with E-state index in [-0.39, 0.29) is 0 Å². The van der Waals surface area contributed by atoms with Gasteiger partial charge >= 0.3 is 0 Å². The summed E-state index contributed by atoms with van der Waals surface area (Å²) < 4.78 is 0. The number of hydrogen-bond donors (Lipinski definition) is 1. The van der Waals surface area contributed by atoms with Crippen LogP contribution in [-0.4, -0.2) is 41.6 Å². The van der Waals surface area contributed by atoms with Crippen molar-refractivity contribution < 1.29 is 0 Å². The molecule has 0 amide bonds. The molecule has 2 N–H and O–H groups in total. The van der Waals surface area contributed by atoms with Crippen molar-refractivity contribution in [3.63, 3.8) is 0 Å². The highest BCUT2D eigenvalue weighted by atomic mass is 32.2. The van der Waals surface area contributed by atoms with Crippen LogP contribution < -0.4 is 5.73 Å². The van der Waals surface area contributed by atoms with Crippen molar-refractivity contribution in [2.45, 2.75) is 44.1 Å². The van der Waals surface area contributed by atoms with Crippen molar-refractivity contribution in [3.8, 4) is 0 Å². The smallest absolute Gasteiger partial charge is 0.0149 e. The van der Waals surface area contributed by atoms with Crippen LogP contribution in [0.5, 0.6) is 0 Å². The third-order valence-corrected chi connectivity index (χ3v) is 4.19. The molecule has 0 aromatic heterocycles. The topological polar surface area (TPSA) is 29.3 Å². The van der Waals surface area contributed by atoms with Crippen molar-refractivity contribution >= 4 is 11.8 Å². The molecule has 0 aliphatic carbocycles. The van der Waals surface area contributed by atoms with Crippen LogP contribution >= 0.6 is 11.8 Å². The van der Waals surface area contributed by atoms with Crippen molar-refractivity contribution in [2.75, 3.05) is 26.2 Å². The Morgan fingerprint density at radius 3 is 2.47 bits per heavy atom. The summed E-state index contributed by atoms with van der Waals surface area (Å²) in [4.78, 5) is 2.63. The van der Waals surface area contributed by atoms with Gasteiger partial charge in [-0.15, -0.1) is 0 Å². The van der Waals surface area contributed by atoms with Gasteiger partial charge in [-0.1, -0.05) is 20.8 Å². The predicted octanol–water partition coefficient (Wildman–Crippen LogP) is 2.19. The summed E-state index contributed by atoms with van der Waals surface area (Å²) in [7, 11) is 0. The second-order valence-corrected chi connectivity index (χ2v) is 6.89. The van der Waals surface area contributed by atoms with Crippen molar-refractivity contribution in [3.05, 3.63) is 0 Å². The van der Waals surface area contributed by atoms with Gasteiger partial charge in [0.1, 0.15) is 0 Å². The Bertz CT molecular complexity index is 165. The average Bonchev–Trinajstić information content (AvgIpc) is 2.13. The van der Waals surface area contributed by atoms with Crippen LogP contribution in [0.1, 0.15) is 33.6 Å². The van der Waals surface area contributed by atoms with Crippen LogP contribution in [0, 0.1) is 5.92 Å². The number of nitrogens with zero attached hydrogens (tertiary/aromatic N) is 1. The highest BCUT2D eigenvalue weighted by molar-refractivity contribution is 8.00. The van der Waals surface area contributed by atoms with Gasteiger partial charge in [-0.2, -0.15) is 11.8 Å². The zero-order valence-electron chi connectivity index (χ0n) is 10.4. The monoisotopic (exact) mass is 230 g/mol. The van der Waals surface area contributed by atoms with Gasteiger partial charge in [0.15, 0.2) is 0 Å². The second kappa shape index (κ2) is 6.77. The molecule has 1 heterocycles. The third kappa shape index (κ3) is 5.23. The standard InChI is InChI=1S/C12H26N2S/c1-10(5-4-6-13)7-14-8-11(2)15-12(3)9-14/h10-12H,4-9,13H2,1-3H3.